The Labute approximate surface area is 162 Å². The maximum atomic E-state index is 11.6. The Balaban J connectivity index is 2.78. The van der Waals surface area contributed by atoms with Crippen LogP contribution in [0.3, 0.4) is 0 Å². The maximum absolute atomic E-state index is 11.6. The highest BCUT2D eigenvalue weighted by Crippen LogP contribution is 2.23. The van der Waals surface area contributed by atoms with Crippen LogP contribution in [0.1, 0.15) is 43.7 Å². The molecule has 4 unspecified atom stereocenters. The van der Waals surface area contributed by atoms with Crippen LogP contribution in [0.15, 0.2) is 24.3 Å². The van der Waals surface area contributed by atoms with Gasteiger partial charge in [-0.2, -0.15) is 0 Å². The molecule has 152 valence electrons. The normalized spacial score (nSPS) is 15.9. The lowest BCUT2D eigenvalue weighted by Gasteiger charge is -2.22. The van der Waals surface area contributed by atoms with E-state index in [2.05, 4.69) is 19.2 Å². The van der Waals surface area contributed by atoms with Crippen molar-refractivity contribution < 1.29 is 29.1 Å². The highest BCUT2D eigenvalue weighted by Gasteiger charge is 2.27. The van der Waals surface area contributed by atoms with E-state index in [4.69, 9.17) is 0 Å². The molecular weight excluding hydrogens is 370 g/mol. The molecule has 0 spiro atoms. The van der Waals surface area contributed by atoms with Crippen molar-refractivity contribution in [1.82, 2.24) is 5.32 Å². The third-order valence-electron chi connectivity index (χ3n) is 4.17. The molecule has 0 aromatic heterocycles. The SMILES string of the molecule is CC(C)Cc1ccc(C(CC(O)NC(CCS(C)=O)C(=O)O)C(=O)O)cc1. The fourth-order valence-corrected chi connectivity index (χ4v) is 3.39. The summed E-state index contributed by atoms with van der Waals surface area (Å²) in [6.07, 6.45) is 0.961. The van der Waals surface area contributed by atoms with Crippen LogP contribution in [0.25, 0.3) is 0 Å². The van der Waals surface area contributed by atoms with Crippen LogP contribution in [0.2, 0.25) is 0 Å². The second-order valence-electron chi connectivity index (χ2n) is 7.11. The Kier molecular flexibility index (Phi) is 9.62. The minimum absolute atomic E-state index is 0.0805. The van der Waals surface area contributed by atoms with Crippen LogP contribution < -0.4 is 5.32 Å². The predicted molar refractivity (Wildman–Crippen MR) is 104 cm³/mol. The van der Waals surface area contributed by atoms with Crippen molar-refractivity contribution in [1.29, 1.82) is 0 Å². The Bertz CT molecular complexity index is 646. The van der Waals surface area contributed by atoms with Gasteiger partial charge in [0.1, 0.15) is 12.3 Å². The molecule has 7 nitrogen and oxygen atoms in total. The summed E-state index contributed by atoms with van der Waals surface area (Å²) < 4.78 is 11.2. The van der Waals surface area contributed by atoms with Crippen LogP contribution in [-0.2, 0) is 26.8 Å². The molecule has 4 N–H and O–H groups in total. The van der Waals surface area contributed by atoms with Gasteiger partial charge in [0.25, 0.3) is 0 Å². The first-order valence-electron chi connectivity index (χ1n) is 8.88. The van der Waals surface area contributed by atoms with E-state index >= 15 is 0 Å². The lowest BCUT2D eigenvalue weighted by Crippen LogP contribution is -2.45. The van der Waals surface area contributed by atoms with Crippen molar-refractivity contribution in [2.24, 2.45) is 5.92 Å². The zero-order chi connectivity index (χ0) is 20.6. The molecule has 0 aliphatic carbocycles. The first-order chi connectivity index (χ1) is 12.6. The number of hydrogen-bond donors (Lipinski definition) is 4. The number of aliphatic hydroxyl groups is 1. The van der Waals surface area contributed by atoms with E-state index in [0.29, 0.717) is 11.5 Å². The molecule has 0 fully saturated rings. The van der Waals surface area contributed by atoms with E-state index in [1.165, 1.54) is 6.26 Å². The van der Waals surface area contributed by atoms with Gasteiger partial charge in [0.05, 0.1) is 5.92 Å². The zero-order valence-corrected chi connectivity index (χ0v) is 16.7. The molecule has 0 saturated carbocycles. The standard InChI is InChI=1S/C19H29NO6S/c1-12(2)10-13-4-6-14(7-5-13)15(18(22)23)11-17(21)20-16(19(24)25)8-9-27(3)26/h4-7,12,15-17,20-21H,8-11H2,1-3H3,(H,22,23)(H,24,25). The van der Waals surface area contributed by atoms with Gasteiger partial charge in [-0.3, -0.25) is 19.1 Å². The number of aliphatic hydroxyl groups excluding tert-OH is 1. The second-order valence-corrected chi connectivity index (χ2v) is 8.66. The monoisotopic (exact) mass is 399 g/mol. The summed E-state index contributed by atoms with van der Waals surface area (Å²) in [6.45, 7) is 4.20. The lowest BCUT2D eigenvalue weighted by atomic mass is 9.92. The molecule has 1 rings (SSSR count). The van der Waals surface area contributed by atoms with Crippen molar-refractivity contribution in [2.75, 3.05) is 12.0 Å². The molecule has 0 aliphatic rings. The molecule has 0 saturated heterocycles. The summed E-state index contributed by atoms with van der Waals surface area (Å²) in [7, 11) is -1.15. The number of benzene rings is 1. The Morgan fingerprint density at radius 2 is 1.70 bits per heavy atom. The van der Waals surface area contributed by atoms with Crippen LogP contribution in [0, 0.1) is 5.92 Å². The van der Waals surface area contributed by atoms with Crippen molar-refractivity contribution in [3.8, 4) is 0 Å². The number of nitrogens with one attached hydrogen (secondary N) is 1. The van der Waals surface area contributed by atoms with Crippen LogP contribution >= 0.6 is 0 Å². The smallest absolute Gasteiger partial charge is 0.320 e. The van der Waals surface area contributed by atoms with Crippen LogP contribution in [0.5, 0.6) is 0 Å². The van der Waals surface area contributed by atoms with Gasteiger partial charge >= 0.3 is 11.9 Å². The highest BCUT2D eigenvalue weighted by molar-refractivity contribution is 7.84. The Morgan fingerprint density at radius 3 is 2.15 bits per heavy atom. The zero-order valence-electron chi connectivity index (χ0n) is 15.9. The average molecular weight is 400 g/mol. The molecule has 8 heteroatoms. The van der Waals surface area contributed by atoms with Gasteiger partial charge in [-0.25, -0.2) is 0 Å². The summed E-state index contributed by atoms with van der Waals surface area (Å²) in [6, 6.07) is 6.13. The number of aliphatic carboxylic acids is 2. The first-order valence-corrected chi connectivity index (χ1v) is 10.6. The topological polar surface area (TPSA) is 124 Å². The van der Waals surface area contributed by atoms with Gasteiger partial charge in [-0.15, -0.1) is 0 Å². The molecule has 27 heavy (non-hydrogen) atoms. The second kappa shape index (κ2) is 11.2. The van der Waals surface area contributed by atoms with Crippen LogP contribution in [-0.4, -0.2) is 55.7 Å². The number of carbonyl (C=O) groups is 2. The summed E-state index contributed by atoms with van der Waals surface area (Å²) in [4.78, 5) is 22.9. The Hall–Kier alpha value is -1.77. The van der Waals surface area contributed by atoms with E-state index in [0.717, 1.165) is 12.0 Å². The van der Waals surface area contributed by atoms with E-state index in [1.54, 1.807) is 12.1 Å². The molecule has 0 amide bonds. The molecule has 0 bridgehead atoms. The Morgan fingerprint density at radius 1 is 1.11 bits per heavy atom. The van der Waals surface area contributed by atoms with Crippen molar-refractivity contribution in [2.45, 2.75) is 51.3 Å². The predicted octanol–water partition coefficient (Wildman–Crippen LogP) is 1.57. The fraction of sp³-hybridized carbons (Fsp3) is 0.579. The van der Waals surface area contributed by atoms with Gasteiger partial charge in [0.2, 0.25) is 0 Å². The van der Waals surface area contributed by atoms with E-state index in [-0.39, 0.29) is 18.6 Å². The van der Waals surface area contributed by atoms with Gasteiger partial charge in [0, 0.05) is 29.2 Å². The molecule has 0 aliphatic heterocycles. The minimum atomic E-state index is -1.31. The van der Waals surface area contributed by atoms with Crippen molar-refractivity contribution in [3.05, 3.63) is 35.4 Å². The highest BCUT2D eigenvalue weighted by atomic mass is 32.2. The van der Waals surface area contributed by atoms with Crippen LogP contribution in [0.4, 0.5) is 0 Å². The summed E-state index contributed by atoms with van der Waals surface area (Å²) in [5, 5.41) is 31.4. The fourth-order valence-electron chi connectivity index (χ4n) is 2.82. The number of rotatable bonds is 12. The maximum Gasteiger partial charge on any atom is 0.320 e. The molecule has 1 aromatic rings. The summed E-state index contributed by atoms with van der Waals surface area (Å²) >= 11 is 0. The van der Waals surface area contributed by atoms with Gasteiger partial charge in [-0.1, -0.05) is 38.1 Å². The summed E-state index contributed by atoms with van der Waals surface area (Å²) in [5.74, 6) is -2.56. The quantitative estimate of drug-likeness (QED) is 0.393. The molecule has 1 aromatic carbocycles. The molecular formula is C19H29NO6S. The van der Waals surface area contributed by atoms with E-state index < -0.39 is 40.9 Å². The number of hydrogen-bond acceptors (Lipinski definition) is 5. The average Bonchev–Trinajstić information content (AvgIpc) is 2.56. The third-order valence-corrected chi connectivity index (χ3v) is 4.98. The first kappa shape index (κ1) is 23.3. The van der Waals surface area contributed by atoms with Crippen molar-refractivity contribution >= 4 is 22.7 Å². The van der Waals surface area contributed by atoms with Gasteiger partial charge in [0.15, 0.2) is 0 Å². The van der Waals surface area contributed by atoms with Gasteiger partial charge < -0.3 is 15.3 Å². The van der Waals surface area contributed by atoms with Crippen molar-refractivity contribution in [3.63, 3.8) is 0 Å². The lowest BCUT2D eigenvalue weighted by molar-refractivity contribution is -0.141. The third kappa shape index (κ3) is 8.64. The number of carboxylic acids is 2. The molecule has 4 atom stereocenters. The largest absolute Gasteiger partial charge is 0.481 e. The van der Waals surface area contributed by atoms with E-state index in [1.807, 2.05) is 12.1 Å². The minimum Gasteiger partial charge on any atom is -0.481 e. The summed E-state index contributed by atoms with van der Waals surface area (Å²) in [5.41, 5.74) is 1.66. The van der Waals surface area contributed by atoms with Gasteiger partial charge in [-0.05, 0) is 29.9 Å². The molecule has 0 heterocycles. The molecule has 0 radical (unpaired) electrons. The van der Waals surface area contributed by atoms with E-state index in [9.17, 15) is 29.1 Å². The number of carboxylic acid groups (broad SMARTS) is 2.